The van der Waals surface area contributed by atoms with Gasteiger partial charge in [0.2, 0.25) is 0 Å². The van der Waals surface area contributed by atoms with Crippen LogP contribution >= 0.6 is 15.9 Å². The third-order valence-corrected chi connectivity index (χ3v) is 4.02. The number of aliphatic hydroxyl groups excluding tert-OH is 1. The first-order chi connectivity index (χ1) is 9.06. The van der Waals surface area contributed by atoms with E-state index in [0.29, 0.717) is 22.6 Å². The monoisotopic (exact) mass is 328 g/mol. The van der Waals surface area contributed by atoms with E-state index >= 15 is 0 Å². The molecule has 0 heterocycles. The van der Waals surface area contributed by atoms with Gasteiger partial charge in [-0.3, -0.25) is 10.1 Å². The Balaban J connectivity index is 1.97. The van der Waals surface area contributed by atoms with Crippen molar-refractivity contribution in [2.24, 2.45) is 0 Å². The molecule has 2 N–H and O–H groups in total. The van der Waals surface area contributed by atoms with Gasteiger partial charge in [-0.2, -0.15) is 0 Å². The van der Waals surface area contributed by atoms with Crippen LogP contribution < -0.4 is 5.32 Å². The molecule has 1 saturated carbocycles. The van der Waals surface area contributed by atoms with Crippen molar-refractivity contribution in [3.05, 3.63) is 38.3 Å². The highest BCUT2D eigenvalue weighted by Gasteiger charge is 2.20. The van der Waals surface area contributed by atoms with Crippen molar-refractivity contribution in [2.45, 2.75) is 44.4 Å². The van der Waals surface area contributed by atoms with Crippen LogP contribution in [0.15, 0.2) is 22.7 Å². The number of benzene rings is 1. The lowest BCUT2D eigenvalue weighted by molar-refractivity contribution is -0.385. The summed E-state index contributed by atoms with van der Waals surface area (Å²) in [6.07, 6.45) is 3.28. The summed E-state index contributed by atoms with van der Waals surface area (Å²) in [7, 11) is 0. The highest BCUT2D eigenvalue weighted by atomic mass is 79.9. The van der Waals surface area contributed by atoms with Crippen molar-refractivity contribution in [3.8, 4) is 0 Å². The van der Waals surface area contributed by atoms with Gasteiger partial charge in [-0.25, -0.2) is 0 Å². The first-order valence-corrected chi connectivity index (χ1v) is 7.20. The van der Waals surface area contributed by atoms with Gasteiger partial charge in [0.15, 0.2) is 0 Å². The fourth-order valence-corrected chi connectivity index (χ4v) is 2.74. The molecule has 0 radical (unpaired) electrons. The van der Waals surface area contributed by atoms with Gasteiger partial charge in [0.1, 0.15) is 0 Å². The van der Waals surface area contributed by atoms with E-state index in [0.717, 1.165) is 25.7 Å². The fraction of sp³-hybridized carbons (Fsp3) is 0.538. The average Bonchev–Trinajstić information content (AvgIpc) is 2.39. The normalized spacial score (nSPS) is 23.3. The fourth-order valence-electron chi connectivity index (χ4n) is 2.39. The summed E-state index contributed by atoms with van der Waals surface area (Å²) >= 11 is 3.25. The van der Waals surface area contributed by atoms with Crippen LogP contribution in [0.3, 0.4) is 0 Å². The smallest absolute Gasteiger partial charge is 0.275 e. The number of nitro benzene ring substituents is 1. The average molecular weight is 329 g/mol. The minimum absolute atomic E-state index is 0.137. The largest absolute Gasteiger partial charge is 0.393 e. The maximum absolute atomic E-state index is 11.0. The van der Waals surface area contributed by atoms with Gasteiger partial charge in [-0.1, -0.05) is 15.9 Å². The molecule has 1 aliphatic rings. The number of hydrogen-bond donors (Lipinski definition) is 2. The number of halogens is 1. The van der Waals surface area contributed by atoms with E-state index in [4.69, 9.17) is 0 Å². The molecule has 0 amide bonds. The summed E-state index contributed by atoms with van der Waals surface area (Å²) < 4.78 is 0.712. The van der Waals surface area contributed by atoms with Gasteiger partial charge >= 0.3 is 0 Å². The van der Waals surface area contributed by atoms with E-state index in [1.165, 1.54) is 6.07 Å². The standard InChI is InChI=1S/C13H17BrN2O3/c14-10-2-1-9(13(7-10)16(18)19)8-15-11-3-5-12(17)6-4-11/h1-2,7,11-12,15,17H,3-6,8H2. The van der Waals surface area contributed by atoms with E-state index < -0.39 is 0 Å². The Morgan fingerprint density at radius 1 is 1.37 bits per heavy atom. The molecular formula is C13H17BrN2O3. The zero-order valence-corrected chi connectivity index (χ0v) is 12.1. The van der Waals surface area contributed by atoms with E-state index in [-0.39, 0.29) is 16.7 Å². The molecular weight excluding hydrogens is 312 g/mol. The van der Waals surface area contributed by atoms with Gasteiger partial charge in [-0.05, 0) is 37.8 Å². The first-order valence-electron chi connectivity index (χ1n) is 6.40. The molecule has 19 heavy (non-hydrogen) atoms. The number of nitro groups is 1. The Bertz CT molecular complexity index is 459. The Kier molecular flexibility index (Phi) is 4.90. The molecule has 0 saturated heterocycles. The van der Waals surface area contributed by atoms with Crippen LogP contribution in [-0.4, -0.2) is 22.2 Å². The molecule has 0 unspecified atom stereocenters. The predicted octanol–water partition coefficient (Wildman–Crippen LogP) is 2.75. The number of hydrogen-bond acceptors (Lipinski definition) is 4. The summed E-state index contributed by atoms with van der Waals surface area (Å²) in [5.41, 5.74) is 0.831. The van der Waals surface area contributed by atoms with E-state index in [9.17, 15) is 15.2 Å². The van der Waals surface area contributed by atoms with E-state index in [1.807, 2.05) is 6.07 Å². The van der Waals surface area contributed by atoms with Crippen LogP contribution in [0.1, 0.15) is 31.2 Å². The second kappa shape index (κ2) is 6.45. The Labute approximate surface area is 120 Å². The topological polar surface area (TPSA) is 75.4 Å². The van der Waals surface area contributed by atoms with E-state index in [1.54, 1.807) is 6.07 Å². The molecule has 0 atom stereocenters. The minimum Gasteiger partial charge on any atom is -0.393 e. The van der Waals surface area contributed by atoms with Crippen molar-refractivity contribution >= 4 is 21.6 Å². The van der Waals surface area contributed by atoms with Crippen LogP contribution in [0.5, 0.6) is 0 Å². The second-order valence-corrected chi connectivity index (χ2v) is 5.83. The molecule has 1 aromatic rings. The Morgan fingerprint density at radius 3 is 2.68 bits per heavy atom. The second-order valence-electron chi connectivity index (χ2n) is 4.92. The molecule has 0 aromatic heterocycles. The van der Waals surface area contributed by atoms with Crippen molar-refractivity contribution in [1.29, 1.82) is 0 Å². The number of rotatable bonds is 4. The molecule has 5 nitrogen and oxygen atoms in total. The number of nitrogens with zero attached hydrogens (tertiary/aromatic N) is 1. The highest BCUT2D eigenvalue weighted by Crippen LogP contribution is 2.24. The zero-order chi connectivity index (χ0) is 13.8. The van der Waals surface area contributed by atoms with E-state index in [2.05, 4.69) is 21.2 Å². The summed E-state index contributed by atoms with van der Waals surface area (Å²) in [5, 5.41) is 23.8. The summed E-state index contributed by atoms with van der Waals surface area (Å²) in [6.45, 7) is 0.490. The number of aliphatic hydroxyl groups is 1. The van der Waals surface area contributed by atoms with Crippen LogP contribution in [0.25, 0.3) is 0 Å². The van der Waals surface area contributed by atoms with Crippen molar-refractivity contribution in [1.82, 2.24) is 5.32 Å². The minimum atomic E-state index is -0.355. The molecule has 0 aliphatic heterocycles. The lowest BCUT2D eigenvalue weighted by Gasteiger charge is -2.26. The van der Waals surface area contributed by atoms with Gasteiger partial charge in [-0.15, -0.1) is 0 Å². The lowest BCUT2D eigenvalue weighted by Crippen LogP contribution is -2.34. The molecule has 6 heteroatoms. The summed E-state index contributed by atoms with van der Waals surface area (Å²) in [6, 6.07) is 5.45. The van der Waals surface area contributed by atoms with Gasteiger partial charge in [0.05, 0.1) is 11.0 Å². The predicted molar refractivity (Wildman–Crippen MR) is 75.9 cm³/mol. The van der Waals surface area contributed by atoms with Gasteiger partial charge < -0.3 is 10.4 Å². The third-order valence-electron chi connectivity index (χ3n) is 3.52. The van der Waals surface area contributed by atoms with Gasteiger partial charge in [0, 0.05) is 28.7 Å². The van der Waals surface area contributed by atoms with Crippen LogP contribution in [-0.2, 0) is 6.54 Å². The molecule has 1 fully saturated rings. The molecule has 1 aromatic carbocycles. The summed E-state index contributed by atoms with van der Waals surface area (Å²) in [4.78, 5) is 10.6. The molecule has 1 aliphatic carbocycles. The van der Waals surface area contributed by atoms with Crippen LogP contribution in [0, 0.1) is 10.1 Å². The lowest BCUT2D eigenvalue weighted by atomic mass is 9.93. The van der Waals surface area contributed by atoms with Crippen LogP contribution in [0.4, 0.5) is 5.69 Å². The maximum Gasteiger partial charge on any atom is 0.275 e. The zero-order valence-electron chi connectivity index (χ0n) is 10.5. The maximum atomic E-state index is 11.0. The molecule has 0 bridgehead atoms. The molecule has 104 valence electrons. The van der Waals surface area contributed by atoms with Crippen LogP contribution in [0.2, 0.25) is 0 Å². The summed E-state index contributed by atoms with van der Waals surface area (Å²) in [5.74, 6) is 0. The highest BCUT2D eigenvalue weighted by molar-refractivity contribution is 9.10. The van der Waals surface area contributed by atoms with Crippen molar-refractivity contribution < 1.29 is 10.0 Å². The van der Waals surface area contributed by atoms with Crippen molar-refractivity contribution in [2.75, 3.05) is 0 Å². The van der Waals surface area contributed by atoms with Crippen molar-refractivity contribution in [3.63, 3.8) is 0 Å². The molecule has 0 spiro atoms. The quantitative estimate of drug-likeness (QED) is 0.658. The molecule has 2 rings (SSSR count). The first kappa shape index (κ1) is 14.4. The Morgan fingerprint density at radius 2 is 2.05 bits per heavy atom. The Hall–Kier alpha value is -0.980. The third kappa shape index (κ3) is 3.99. The number of nitrogens with one attached hydrogen (secondary N) is 1. The SMILES string of the molecule is O=[N+]([O-])c1cc(Br)ccc1CNC1CCC(O)CC1. The van der Waals surface area contributed by atoms with Gasteiger partial charge in [0.25, 0.3) is 5.69 Å².